The number of hydrogen-bond donors (Lipinski definition) is 1. The van der Waals surface area contributed by atoms with Crippen molar-refractivity contribution < 1.29 is 33.6 Å². The average Bonchev–Trinajstić information content (AvgIpc) is 2.83. The topological polar surface area (TPSA) is 86.7 Å². The SMILES string of the molecule is COCO[C@@H]1[C@H]2OC(C)(C)N(C(C)=O)[C@H]2[C@](C)(O)[C@H]1OCOC. The molecule has 2 fully saturated rings. The van der Waals surface area contributed by atoms with Crippen molar-refractivity contribution in [3.63, 3.8) is 0 Å². The summed E-state index contributed by atoms with van der Waals surface area (Å²) >= 11 is 0. The van der Waals surface area contributed by atoms with Crippen LogP contribution in [0.15, 0.2) is 0 Å². The number of fused-ring (bicyclic) bond motifs is 1. The molecule has 0 radical (unpaired) electrons. The Kier molecular flexibility index (Phi) is 5.34. The van der Waals surface area contributed by atoms with Crippen LogP contribution in [-0.2, 0) is 28.5 Å². The summed E-state index contributed by atoms with van der Waals surface area (Å²) in [5.74, 6) is -0.180. The van der Waals surface area contributed by atoms with Crippen LogP contribution in [0.4, 0.5) is 0 Å². The van der Waals surface area contributed by atoms with E-state index in [9.17, 15) is 9.90 Å². The van der Waals surface area contributed by atoms with Crippen molar-refractivity contribution in [3.8, 4) is 0 Å². The number of rotatable bonds is 6. The van der Waals surface area contributed by atoms with Crippen molar-refractivity contribution in [2.24, 2.45) is 0 Å². The zero-order valence-electron chi connectivity index (χ0n) is 14.6. The minimum atomic E-state index is -1.36. The van der Waals surface area contributed by atoms with Gasteiger partial charge in [0.15, 0.2) is 0 Å². The Morgan fingerprint density at radius 2 is 1.74 bits per heavy atom. The molecule has 2 aliphatic rings. The van der Waals surface area contributed by atoms with Crippen LogP contribution in [-0.4, -0.2) is 79.4 Å². The van der Waals surface area contributed by atoms with Gasteiger partial charge in [-0.15, -0.1) is 0 Å². The Hall–Kier alpha value is -0.770. The van der Waals surface area contributed by atoms with E-state index in [0.717, 1.165) is 0 Å². The van der Waals surface area contributed by atoms with Crippen molar-refractivity contribution in [1.82, 2.24) is 4.90 Å². The molecule has 0 unspecified atom stereocenters. The maximum atomic E-state index is 12.1. The first-order valence-corrected chi connectivity index (χ1v) is 7.59. The van der Waals surface area contributed by atoms with Crippen molar-refractivity contribution in [2.75, 3.05) is 27.8 Å². The Bertz CT molecular complexity index is 440. The van der Waals surface area contributed by atoms with E-state index in [1.807, 2.05) is 0 Å². The summed E-state index contributed by atoms with van der Waals surface area (Å²) < 4.78 is 27.3. The molecule has 0 aromatic heterocycles. The summed E-state index contributed by atoms with van der Waals surface area (Å²) in [6.45, 7) is 6.69. The molecule has 1 N–H and O–H groups in total. The molecule has 0 bridgehead atoms. The fraction of sp³-hybridized carbons (Fsp3) is 0.933. The van der Waals surface area contributed by atoms with E-state index < -0.39 is 35.7 Å². The quantitative estimate of drug-likeness (QED) is 0.689. The molecule has 134 valence electrons. The molecule has 1 aliphatic heterocycles. The van der Waals surface area contributed by atoms with E-state index in [1.165, 1.54) is 21.1 Å². The monoisotopic (exact) mass is 333 g/mol. The van der Waals surface area contributed by atoms with E-state index in [4.69, 9.17) is 23.7 Å². The molecule has 1 amide bonds. The number of nitrogens with zero attached hydrogens (tertiary/aromatic N) is 1. The Balaban J connectivity index is 2.36. The maximum absolute atomic E-state index is 12.1. The third kappa shape index (κ3) is 3.11. The minimum absolute atomic E-state index is 0.00341. The summed E-state index contributed by atoms with van der Waals surface area (Å²) in [6, 6.07) is -0.585. The lowest BCUT2D eigenvalue weighted by molar-refractivity contribution is -0.219. The normalized spacial score (nSPS) is 38.8. The zero-order chi connectivity index (χ0) is 17.4. The fourth-order valence-electron chi connectivity index (χ4n) is 3.76. The number of amides is 1. The largest absolute Gasteiger partial charge is 0.385 e. The first-order chi connectivity index (χ1) is 10.7. The molecule has 0 spiro atoms. The highest BCUT2D eigenvalue weighted by molar-refractivity contribution is 5.75. The molecule has 5 atom stereocenters. The van der Waals surface area contributed by atoms with Gasteiger partial charge in [-0.25, -0.2) is 0 Å². The lowest BCUT2D eigenvalue weighted by Gasteiger charge is -2.40. The summed E-state index contributed by atoms with van der Waals surface area (Å²) in [7, 11) is 3.01. The van der Waals surface area contributed by atoms with Crippen LogP contribution in [0.1, 0.15) is 27.7 Å². The maximum Gasteiger partial charge on any atom is 0.222 e. The summed E-state index contributed by atoms with van der Waals surface area (Å²) in [5, 5.41) is 11.1. The first kappa shape index (κ1) is 18.6. The van der Waals surface area contributed by atoms with Crippen molar-refractivity contribution in [3.05, 3.63) is 0 Å². The molecule has 1 heterocycles. The van der Waals surface area contributed by atoms with Gasteiger partial charge < -0.3 is 33.7 Å². The van der Waals surface area contributed by atoms with E-state index in [0.29, 0.717) is 0 Å². The van der Waals surface area contributed by atoms with Crippen LogP contribution in [0, 0.1) is 0 Å². The molecule has 8 heteroatoms. The van der Waals surface area contributed by atoms with E-state index in [1.54, 1.807) is 25.7 Å². The van der Waals surface area contributed by atoms with E-state index in [2.05, 4.69) is 0 Å². The number of ether oxygens (including phenoxy) is 5. The van der Waals surface area contributed by atoms with Crippen LogP contribution in [0.3, 0.4) is 0 Å². The van der Waals surface area contributed by atoms with Crippen molar-refractivity contribution in [1.29, 1.82) is 0 Å². The standard InChI is InChI=1S/C15H27NO7/c1-9(17)16-12-10(23-14(16,2)3)11(21-7-19-5)13(15(12,4)18)22-8-20-6/h10-13,18H,7-8H2,1-6H3/t10-,11-,12-,13+,15+/m1/s1. The van der Waals surface area contributed by atoms with Crippen LogP contribution >= 0.6 is 0 Å². The van der Waals surface area contributed by atoms with Gasteiger partial charge in [-0.2, -0.15) is 0 Å². The summed E-state index contributed by atoms with van der Waals surface area (Å²) in [6.07, 6.45) is -1.83. The van der Waals surface area contributed by atoms with Gasteiger partial charge in [0.2, 0.25) is 5.91 Å². The zero-order valence-corrected chi connectivity index (χ0v) is 14.6. The van der Waals surface area contributed by atoms with Gasteiger partial charge >= 0.3 is 0 Å². The molecule has 2 rings (SSSR count). The Labute approximate surface area is 136 Å². The number of aliphatic hydroxyl groups is 1. The van der Waals surface area contributed by atoms with Crippen LogP contribution in [0.5, 0.6) is 0 Å². The Morgan fingerprint density at radius 3 is 2.26 bits per heavy atom. The molecular weight excluding hydrogens is 306 g/mol. The summed E-state index contributed by atoms with van der Waals surface area (Å²) in [5.41, 5.74) is -2.20. The predicted octanol–water partition coefficient (Wildman–Crippen LogP) is 0.0812. The Morgan fingerprint density at radius 1 is 1.17 bits per heavy atom. The van der Waals surface area contributed by atoms with E-state index in [-0.39, 0.29) is 19.5 Å². The molecule has 0 aromatic rings. The second-order valence-electron chi connectivity index (χ2n) is 6.62. The highest BCUT2D eigenvalue weighted by Gasteiger charge is 2.68. The van der Waals surface area contributed by atoms with Gasteiger partial charge in [0.25, 0.3) is 0 Å². The molecule has 1 saturated carbocycles. The third-order valence-corrected chi connectivity index (χ3v) is 4.47. The first-order valence-electron chi connectivity index (χ1n) is 7.59. The van der Waals surface area contributed by atoms with Gasteiger partial charge in [0.1, 0.15) is 43.2 Å². The fourth-order valence-corrected chi connectivity index (χ4v) is 3.76. The molecule has 1 aliphatic carbocycles. The third-order valence-electron chi connectivity index (χ3n) is 4.47. The number of methoxy groups -OCH3 is 2. The van der Waals surface area contributed by atoms with E-state index >= 15 is 0 Å². The van der Waals surface area contributed by atoms with Gasteiger partial charge in [-0.1, -0.05) is 0 Å². The predicted molar refractivity (Wildman–Crippen MR) is 79.4 cm³/mol. The molecule has 1 saturated heterocycles. The lowest BCUT2D eigenvalue weighted by Crippen LogP contribution is -2.58. The lowest BCUT2D eigenvalue weighted by atomic mass is 9.95. The highest BCUT2D eigenvalue weighted by Crippen LogP contribution is 2.48. The van der Waals surface area contributed by atoms with Gasteiger partial charge in [-0.05, 0) is 20.8 Å². The minimum Gasteiger partial charge on any atom is -0.385 e. The van der Waals surface area contributed by atoms with Gasteiger partial charge in [0, 0.05) is 21.1 Å². The molecule has 8 nitrogen and oxygen atoms in total. The number of hydrogen-bond acceptors (Lipinski definition) is 7. The van der Waals surface area contributed by atoms with Crippen molar-refractivity contribution in [2.45, 2.75) is 63.4 Å². The molecule has 0 aromatic carbocycles. The van der Waals surface area contributed by atoms with Crippen LogP contribution < -0.4 is 0 Å². The molecule has 23 heavy (non-hydrogen) atoms. The van der Waals surface area contributed by atoms with Gasteiger partial charge in [0.05, 0.1) is 6.04 Å². The van der Waals surface area contributed by atoms with Crippen LogP contribution in [0.2, 0.25) is 0 Å². The summed E-state index contributed by atoms with van der Waals surface area (Å²) in [4.78, 5) is 13.7. The second-order valence-corrected chi connectivity index (χ2v) is 6.62. The highest BCUT2D eigenvalue weighted by atomic mass is 16.7. The molecular formula is C15H27NO7. The smallest absolute Gasteiger partial charge is 0.222 e. The number of carbonyl (C=O) groups excluding carboxylic acids is 1. The average molecular weight is 333 g/mol. The van der Waals surface area contributed by atoms with Gasteiger partial charge in [-0.3, -0.25) is 4.79 Å². The van der Waals surface area contributed by atoms with Crippen molar-refractivity contribution >= 4 is 5.91 Å². The number of carbonyl (C=O) groups is 1. The second kappa shape index (κ2) is 6.62. The van der Waals surface area contributed by atoms with Crippen LogP contribution in [0.25, 0.3) is 0 Å².